The van der Waals surface area contributed by atoms with Crippen molar-refractivity contribution < 1.29 is 9.18 Å². The zero-order chi connectivity index (χ0) is 20.0. The third-order valence-corrected chi connectivity index (χ3v) is 4.63. The van der Waals surface area contributed by atoms with E-state index in [0.717, 1.165) is 17.5 Å². The van der Waals surface area contributed by atoms with Gasteiger partial charge in [-0.15, -0.1) is 5.10 Å². The van der Waals surface area contributed by atoms with E-state index < -0.39 is 11.7 Å². The van der Waals surface area contributed by atoms with Crippen LogP contribution in [0.2, 0.25) is 0 Å². The Bertz CT molecular complexity index is 1230. The number of hydrogen-bond donors (Lipinski definition) is 1. The molecule has 0 saturated heterocycles. The van der Waals surface area contributed by atoms with Gasteiger partial charge in [-0.2, -0.15) is 5.10 Å². The lowest BCUT2D eigenvalue weighted by molar-refractivity contribution is 0.101. The summed E-state index contributed by atoms with van der Waals surface area (Å²) in [5.74, 6) is -1.13. The quantitative estimate of drug-likeness (QED) is 0.524. The van der Waals surface area contributed by atoms with E-state index in [-0.39, 0.29) is 11.4 Å². The summed E-state index contributed by atoms with van der Waals surface area (Å²) < 4.78 is 17.5. The largest absolute Gasteiger partial charge is 0.318 e. The maximum atomic E-state index is 14.4. The van der Waals surface area contributed by atoms with Crippen molar-refractivity contribution in [2.45, 2.75) is 13.8 Å². The number of carbonyl (C=O) groups excluding carboxylic acids is 1. The Morgan fingerprint density at radius 1 is 1.25 bits per heavy atom. The Hall–Kier alpha value is -3.14. The minimum atomic E-state index is -0.633. The highest BCUT2D eigenvalue weighted by atomic mass is 79.9. The summed E-state index contributed by atoms with van der Waals surface area (Å²) in [5.41, 5.74) is 3.65. The lowest BCUT2D eigenvalue weighted by Gasteiger charge is -2.10. The normalized spacial score (nSPS) is 11.2. The first-order valence-corrected chi connectivity index (χ1v) is 9.12. The number of anilines is 1. The van der Waals surface area contributed by atoms with Gasteiger partial charge < -0.3 is 5.32 Å². The van der Waals surface area contributed by atoms with Crippen LogP contribution < -0.4 is 5.32 Å². The smallest absolute Gasteiger partial charge is 0.274 e. The number of halogens is 2. The summed E-state index contributed by atoms with van der Waals surface area (Å²) >= 11 is 3.14. The van der Waals surface area contributed by atoms with Gasteiger partial charge in [-0.1, -0.05) is 6.07 Å². The van der Waals surface area contributed by atoms with Gasteiger partial charge in [0.1, 0.15) is 5.69 Å². The molecule has 4 heterocycles. The Balaban J connectivity index is 1.74. The summed E-state index contributed by atoms with van der Waals surface area (Å²) in [4.78, 5) is 21.6. The van der Waals surface area contributed by atoms with Crippen molar-refractivity contribution in [3.8, 4) is 11.3 Å². The number of aromatic nitrogens is 6. The number of fused-ring (bicyclic) bond motifs is 1. The van der Waals surface area contributed by atoms with E-state index in [1.165, 1.54) is 15.3 Å². The third kappa shape index (κ3) is 3.15. The lowest BCUT2D eigenvalue weighted by atomic mass is 10.1. The zero-order valence-electron chi connectivity index (χ0n) is 15.2. The third-order valence-electron chi connectivity index (χ3n) is 4.29. The highest BCUT2D eigenvalue weighted by molar-refractivity contribution is 9.10. The van der Waals surface area contributed by atoms with Crippen molar-refractivity contribution in [2.24, 2.45) is 7.05 Å². The molecule has 0 radical (unpaired) electrons. The van der Waals surface area contributed by atoms with Gasteiger partial charge in [0.2, 0.25) is 4.73 Å². The zero-order valence-corrected chi connectivity index (χ0v) is 16.8. The molecule has 0 aliphatic heterocycles. The SMILES string of the molecule is Cc1ccc(C)c(-c2cnn(C)c2C(=O)Nc2cc3nc(Br)nn3cc2F)n1. The molecule has 0 bridgehead atoms. The summed E-state index contributed by atoms with van der Waals surface area (Å²) in [6.45, 7) is 3.79. The van der Waals surface area contributed by atoms with E-state index in [2.05, 4.69) is 41.4 Å². The molecule has 0 saturated carbocycles. The molecular formula is C18H15BrFN7O. The summed E-state index contributed by atoms with van der Waals surface area (Å²) in [5, 5.41) is 10.8. The second kappa shape index (κ2) is 6.79. The van der Waals surface area contributed by atoms with Gasteiger partial charge in [-0.05, 0) is 41.4 Å². The second-order valence-electron chi connectivity index (χ2n) is 6.32. The van der Waals surface area contributed by atoms with Gasteiger partial charge in [0, 0.05) is 18.8 Å². The molecule has 0 fully saturated rings. The second-order valence-corrected chi connectivity index (χ2v) is 7.03. The van der Waals surface area contributed by atoms with E-state index >= 15 is 0 Å². The molecule has 1 N–H and O–H groups in total. The molecule has 28 heavy (non-hydrogen) atoms. The van der Waals surface area contributed by atoms with Crippen molar-refractivity contribution in [3.05, 3.63) is 58.1 Å². The number of aryl methyl sites for hydroxylation is 3. The van der Waals surface area contributed by atoms with Crippen LogP contribution in [0.25, 0.3) is 16.9 Å². The summed E-state index contributed by atoms with van der Waals surface area (Å²) in [6, 6.07) is 5.25. The molecule has 4 aromatic rings. The van der Waals surface area contributed by atoms with Gasteiger partial charge in [-0.3, -0.25) is 14.5 Å². The Morgan fingerprint density at radius 3 is 2.82 bits per heavy atom. The predicted molar refractivity (Wildman–Crippen MR) is 105 cm³/mol. The Labute approximate surface area is 167 Å². The molecule has 1 amide bonds. The van der Waals surface area contributed by atoms with Crippen molar-refractivity contribution in [1.82, 2.24) is 29.4 Å². The number of nitrogens with one attached hydrogen (secondary N) is 1. The maximum Gasteiger partial charge on any atom is 0.274 e. The van der Waals surface area contributed by atoms with Gasteiger partial charge in [0.05, 0.1) is 29.3 Å². The minimum Gasteiger partial charge on any atom is -0.318 e. The van der Waals surface area contributed by atoms with Crippen molar-refractivity contribution in [2.75, 3.05) is 5.32 Å². The minimum absolute atomic E-state index is 0.00141. The molecule has 4 aromatic heterocycles. The van der Waals surface area contributed by atoms with Crippen LogP contribution >= 0.6 is 15.9 Å². The number of hydrogen-bond acceptors (Lipinski definition) is 5. The maximum absolute atomic E-state index is 14.4. The van der Waals surface area contributed by atoms with Crippen LogP contribution in [-0.2, 0) is 7.05 Å². The number of pyridine rings is 2. The number of nitrogens with zero attached hydrogens (tertiary/aromatic N) is 6. The van der Waals surface area contributed by atoms with Crippen molar-refractivity contribution in [1.29, 1.82) is 0 Å². The van der Waals surface area contributed by atoms with Crippen LogP contribution in [-0.4, -0.2) is 35.3 Å². The highest BCUT2D eigenvalue weighted by Gasteiger charge is 2.22. The number of amides is 1. The first kappa shape index (κ1) is 18.2. The van der Waals surface area contributed by atoms with Crippen LogP contribution in [0.3, 0.4) is 0 Å². The topological polar surface area (TPSA) is 90.0 Å². The Kier molecular flexibility index (Phi) is 4.42. The summed E-state index contributed by atoms with van der Waals surface area (Å²) in [6.07, 6.45) is 2.73. The van der Waals surface area contributed by atoms with Crippen LogP contribution in [0, 0.1) is 19.7 Å². The fourth-order valence-corrected chi connectivity index (χ4v) is 3.29. The van der Waals surface area contributed by atoms with Crippen LogP contribution in [0.4, 0.5) is 10.1 Å². The van der Waals surface area contributed by atoms with Crippen LogP contribution in [0.5, 0.6) is 0 Å². The highest BCUT2D eigenvalue weighted by Crippen LogP contribution is 2.26. The van der Waals surface area contributed by atoms with Crippen LogP contribution in [0.15, 0.2) is 35.3 Å². The number of rotatable bonds is 3. The summed E-state index contributed by atoms with van der Waals surface area (Å²) in [7, 11) is 1.65. The fourth-order valence-electron chi connectivity index (χ4n) is 2.93. The molecule has 0 unspecified atom stereocenters. The van der Waals surface area contributed by atoms with Gasteiger partial charge in [-0.25, -0.2) is 13.9 Å². The van der Waals surface area contributed by atoms with Crippen LogP contribution in [0.1, 0.15) is 21.7 Å². The van der Waals surface area contributed by atoms with Gasteiger partial charge in [0.15, 0.2) is 11.5 Å². The predicted octanol–water partition coefficient (Wildman–Crippen LogP) is 3.30. The first-order chi connectivity index (χ1) is 13.3. The monoisotopic (exact) mass is 443 g/mol. The van der Waals surface area contributed by atoms with Gasteiger partial charge >= 0.3 is 0 Å². The average molecular weight is 444 g/mol. The molecule has 0 atom stereocenters. The number of carbonyl (C=O) groups is 1. The van der Waals surface area contributed by atoms with Gasteiger partial charge in [0.25, 0.3) is 5.91 Å². The molecule has 8 nitrogen and oxygen atoms in total. The van der Waals surface area contributed by atoms with E-state index in [9.17, 15) is 9.18 Å². The average Bonchev–Trinajstić information content (AvgIpc) is 3.18. The Morgan fingerprint density at radius 2 is 2.04 bits per heavy atom. The van der Waals surface area contributed by atoms with E-state index in [4.69, 9.17) is 0 Å². The fraction of sp³-hybridized carbons (Fsp3) is 0.167. The van der Waals surface area contributed by atoms with Crippen molar-refractivity contribution >= 4 is 33.2 Å². The first-order valence-electron chi connectivity index (χ1n) is 8.33. The van der Waals surface area contributed by atoms with Crippen molar-refractivity contribution in [3.63, 3.8) is 0 Å². The molecule has 142 valence electrons. The van der Waals surface area contributed by atoms with E-state index in [1.807, 2.05) is 26.0 Å². The molecule has 0 aliphatic rings. The molecule has 0 aliphatic carbocycles. The molecular weight excluding hydrogens is 429 g/mol. The molecule has 10 heteroatoms. The molecule has 4 rings (SSSR count). The molecule has 0 spiro atoms. The van der Waals surface area contributed by atoms with E-state index in [0.29, 0.717) is 21.6 Å². The standard InChI is InChI=1S/C18H15BrFN7O/c1-9-4-5-10(2)22-15(9)11-7-21-26(3)16(11)17(28)23-13-6-14-24-18(19)25-27(14)8-12(13)20/h4-8H,1-3H3,(H,23,28). The van der Waals surface area contributed by atoms with E-state index in [1.54, 1.807) is 13.2 Å². The molecule has 0 aromatic carbocycles. The lowest BCUT2D eigenvalue weighted by Crippen LogP contribution is -2.18.